The zero-order valence-corrected chi connectivity index (χ0v) is 20.2. The summed E-state index contributed by atoms with van der Waals surface area (Å²) in [6.45, 7) is 5.07. The van der Waals surface area contributed by atoms with Crippen LogP contribution in [0.3, 0.4) is 0 Å². The summed E-state index contributed by atoms with van der Waals surface area (Å²) in [7, 11) is 2.06. The molecule has 1 aliphatic heterocycles. The molecule has 4 rings (SSSR count). The fourth-order valence-electron chi connectivity index (χ4n) is 4.34. The molecule has 1 aliphatic rings. The van der Waals surface area contributed by atoms with Gasteiger partial charge in [0, 0.05) is 24.3 Å². The molecule has 7 heteroatoms. The average Bonchev–Trinajstić information content (AvgIpc) is 2.82. The minimum absolute atomic E-state index is 0.429. The first kappa shape index (κ1) is 24.3. The highest BCUT2D eigenvalue weighted by Crippen LogP contribution is 2.40. The molecule has 0 radical (unpaired) electrons. The standard InChI is InChI=1S/C28H30N4O3/c1-28(2)26(33)25(23-15-20(16-29)12-13-24(23)35-28)31-27(34)30-22-11-7-10-21(14-22)18-32(3)17-19-8-5-4-6-9-19/h4-15,25-26,33H,17-18H2,1-3H3,(H2,30,31,34)/t25-,26+/m1/s1. The van der Waals surface area contributed by atoms with Crippen LogP contribution in [0.4, 0.5) is 10.5 Å². The van der Waals surface area contributed by atoms with E-state index in [9.17, 15) is 15.2 Å². The summed E-state index contributed by atoms with van der Waals surface area (Å²) in [4.78, 5) is 15.1. The lowest BCUT2D eigenvalue weighted by Gasteiger charge is -2.42. The smallest absolute Gasteiger partial charge is 0.319 e. The van der Waals surface area contributed by atoms with Gasteiger partial charge in [0.2, 0.25) is 0 Å². The van der Waals surface area contributed by atoms with E-state index >= 15 is 0 Å². The molecule has 3 N–H and O–H groups in total. The van der Waals surface area contributed by atoms with E-state index in [2.05, 4.69) is 40.8 Å². The SMILES string of the molecule is CN(Cc1ccccc1)Cc1cccc(NC(=O)N[C@@H]2c3cc(C#N)ccc3OC(C)(C)[C@H]2O)c1. The number of carbonyl (C=O) groups excluding carboxylic acids is 1. The van der Waals surface area contributed by atoms with Crippen LogP contribution in [-0.4, -0.2) is 34.8 Å². The predicted octanol–water partition coefficient (Wildman–Crippen LogP) is 4.58. The van der Waals surface area contributed by atoms with Crippen molar-refractivity contribution in [1.82, 2.24) is 10.2 Å². The minimum Gasteiger partial charge on any atom is -0.485 e. The molecule has 0 fully saturated rings. The lowest BCUT2D eigenvalue weighted by atomic mass is 9.86. The zero-order valence-electron chi connectivity index (χ0n) is 20.2. The number of nitrogens with zero attached hydrogens (tertiary/aromatic N) is 2. The molecule has 0 saturated heterocycles. The van der Waals surface area contributed by atoms with Crippen molar-refractivity contribution in [2.45, 2.75) is 44.7 Å². The van der Waals surface area contributed by atoms with E-state index in [0.717, 1.165) is 18.7 Å². The highest BCUT2D eigenvalue weighted by Gasteiger charge is 2.43. The number of hydrogen-bond acceptors (Lipinski definition) is 5. The van der Waals surface area contributed by atoms with Crippen LogP contribution in [0.1, 0.15) is 42.1 Å². The van der Waals surface area contributed by atoms with Gasteiger partial charge in [0.05, 0.1) is 17.7 Å². The number of aliphatic hydroxyl groups is 1. The molecule has 35 heavy (non-hydrogen) atoms. The Bertz CT molecular complexity index is 1240. The molecule has 3 aromatic rings. The van der Waals surface area contributed by atoms with E-state index in [1.165, 1.54) is 5.56 Å². The van der Waals surface area contributed by atoms with Crippen LogP contribution in [0.5, 0.6) is 5.75 Å². The van der Waals surface area contributed by atoms with Crippen molar-refractivity contribution in [1.29, 1.82) is 5.26 Å². The number of rotatable bonds is 6. The van der Waals surface area contributed by atoms with Crippen LogP contribution in [0, 0.1) is 11.3 Å². The number of urea groups is 1. The summed E-state index contributed by atoms with van der Waals surface area (Å²) in [6, 6.07) is 23.9. The van der Waals surface area contributed by atoms with Crippen molar-refractivity contribution in [2.24, 2.45) is 0 Å². The lowest BCUT2D eigenvalue weighted by Crippen LogP contribution is -2.54. The summed E-state index contributed by atoms with van der Waals surface area (Å²) < 4.78 is 5.92. The van der Waals surface area contributed by atoms with Crippen LogP contribution < -0.4 is 15.4 Å². The second-order valence-corrected chi connectivity index (χ2v) is 9.45. The Morgan fingerprint density at radius 3 is 2.51 bits per heavy atom. The van der Waals surface area contributed by atoms with Gasteiger partial charge in [-0.1, -0.05) is 42.5 Å². The van der Waals surface area contributed by atoms with E-state index in [1.807, 2.05) is 42.5 Å². The second-order valence-electron chi connectivity index (χ2n) is 9.45. The topological polar surface area (TPSA) is 97.6 Å². The van der Waals surface area contributed by atoms with Crippen molar-refractivity contribution in [3.8, 4) is 11.8 Å². The Hall–Kier alpha value is -3.86. The number of carbonyl (C=O) groups is 1. The van der Waals surface area contributed by atoms with Crippen LogP contribution >= 0.6 is 0 Å². The maximum absolute atomic E-state index is 12.9. The molecule has 2 atom stereocenters. The molecule has 0 saturated carbocycles. The zero-order chi connectivity index (χ0) is 25.0. The number of amides is 2. The van der Waals surface area contributed by atoms with E-state index in [0.29, 0.717) is 22.6 Å². The quantitative estimate of drug-likeness (QED) is 0.490. The van der Waals surface area contributed by atoms with Gasteiger partial charge in [0.15, 0.2) is 0 Å². The van der Waals surface area contributed by atoms with Gasteiger partial charge in [-0.25, -0.2) is 4.79 Å². The maximum Gasteiger partial charge on any atom is 0.319 e. The number of aliphatic hydroxyl groups excluding tert-OH is 1. The van der Waals surface area contributed by atoms with Gasteiger partial charge >= 0.3 is 6.03 Å². The maximum atomic E-state index is 12.9. The van der Waals surface area contributed by atoms with Gasteiger partial charge in [-0.3, -0.25) is 4.90 Å². The molecule has 0 aromatic heterocycles. The summed E-state index contributed by atoms with van der Waals surface area (Å²) in [6.07, 6.45) is -1.01. The van der Waals surface area contributed by atoms with Crippen molar-refractivity contribution >= 4 is 11.7 Å². The molecule has 0 aliphatic carbocycles. The van der Waals surface area contributed by atoms with Gasteiger partial charge in [-0.05, 0) is 62.4 Å². The van der Waals surface area contributed by atoms with Gasteiger partial charge in [-0.15, -0.1) is 0 Å². The number of nitriles is 1. The molecule has 1 heterocycles. The van der Waals surface area contributed by atoms with Gasteiger partial charge in [0.25, 0.3) is 0 Å². The van der Waals surface area contributed by atoms with Crippen LogP contribution in [0.15, 0.2) is 72.8 Å². The Labute approximate surface area is 206 Å². The number of anilines is 1. The number of nitrogens with one attached hydrogen (secondary N) is 2. The molecule has 0 spiro atoms. The Kier molecular flexibility index (Phi) is 7.06. The number of hydrogen-bond donors (Lipinski definition) is 3. The lowest BCUT2D eigenvalue weighted by molar-refractivity contribution is -0.0618. The summed E-state index contributed by atoms with van der Waals surface area (Å²) in [5.74, 6) is 0.535. The molecular formula is C28H30N4O3. The Morgan fingerprint density at radius 1 is 1.06 bits per heavy atom. The van der Waals surface area contributed by atoms with Gasteiger partial charge < -0.3 is 20.5 Å². The first-order chi connectivity index (χ1) is 16.7. The van der Waals surface area contributed by atoms with Crippen molar-refractivity contribution in [2.75, 3.05) is 12.4 Å². The molecule has 0 bridgehead atoms. The van der Waals surface area contributed by atoms with E-state index < -0.39 is 23.8 Å². The summed E-state index contributed by atoms with van der Waals surface area (Å²) >= 11 is 0. The van der Waals surface area contributed by atoms with E-state index in [1.54, 1.807) is 32.0 Å². The van der Waals surface area contributed by atoms with Crippen molar-refractivity contribution in [3.05, 3.63) is 95.1 Å². The number of fused-ring (bicyclic) bond motifs is 1. The van der Waals surface area contributed by atoms with Crippen molar-refractivity contribution < 1.29 is 14.6 Å². The third-order valence-corrected chi connectivity index (χ3v) is 6.09. The fourth-order valence-corrected chi connectivity index (χ4v) is 4.34. The highest BCUT2D eigenvalue weighted by molar-refractivity contribution is 5.89. The van der Waals surface area contributed by atoms with E-state index in [4.69, 9.17) is 4.74 Å². The fraction of sp³-hybridized carbons (Fsp3) is 0.286. The van der Waals surface area contributed by atoms with E-state index in [-0.39, 0.29) is 0 Å². The predicted molar refractivity (Wildman–Crippen MR) is 135 cm³/mol. The molecule has 180 valence electrons. The first-order valence-electron chi connectivity index (χ1n) is 11.6. The largest absolute Gasteiger partial charge is 0.485 e. The van der Waals surface area contributed by atoms with Crippen LogP contribution in [-0.2, 0) is 13.1 Å². The third-order valence-electron chi connectivity index (χ3n) is 6.09. The Balaban J connectivity index is 1.44. The second kappa shape index (κ2) is 10.2. The first-order valence-corrected chi connectivity index (χ1v) is 11.6. The molecule has 2 amide bonds. The highest BCUT2D eigenvalue weighted by atomic mass is 16.5. The average molecular weight is 471 g/mol. The molecule has 0 unspecified atom stereocenters. The van der Waals surface area contributed by atoms with Gasteiger partial charge in [0.1, 0.15) is 17.5 Å². The minimum atomic E-state index is -1.01. The normalized spacial score (nSPS) is 18.2. The summed E-state index contributed by atoms with van der Waals surface area (Å²) in [5, 5.41) is 26.0. The monoisotopic (exact) mass is 470 g/mol. The van der Waals surface area contributed by atoms with Crippen molar-refractivity contribution in [3.63, 3.8) is 0 Å². The Morgan fingerprint density at radius 2 is 1.77 bits per heavy atom. The molecule has 7 nitrogen and oxygen atoms in total. The number of benzene rings is 3. The molecular weight excluding hydrogens is 440 g/mol. The summed E-state index contributed by atoms with van der Waals surface area (Å²) in [5.41, 5.74) is 3.04. The van der Waals surface area contributed by atoms with Gasteiger partial charge in [-0.2, -0.15) is 5.26 Å². The van der Waals surface area contributed by atoms with Crippen LogP contribution in [0.25, 0.3) is 0 Å². The van der Waals surface area contributed by atoms with Crippen LogP contribution in [0.2, 0.25) is 0 Å². The number of ether oxygens (including phenoxy) is 1. The molecule has 3 aromatic carbocycles. The third kappa shape index (κ3) is 5.80.